The lowest BCUT2D eigenvalue weighted by Crippen LogP contribution is -1.98. The molecule has 0 amide bonds. The van der Waals surface area contributed by atoms with Crippen LogP contribution in [0.5, 0.6) is 5.75 Å². The minimum atomic E-state index is 0.696. The Morgan fingerprint density at radius 3 is 2.95 bits per heavy atom. The maximum Gasteiger partial charge on any atom is 0.120 e. The van der Waals surface area contributed by atoms with Gasteiger partial charge in [0.2, 0.25) is 0 Å². The Balaban J connectivity index is 1.93. The van der Waals surface area contributed by atoms with Crippen LogP contribution in [0.3, 0.4) is 0 Å². The van der Waals surface area contributed by atoms with Crippen molar-refractivity contribution in [2.45, 2.75) is 13.5 Å². The molecular weight excluding hydrogens is 236 g/mol. The van der Waals surface area contributed by atoms with Crippen LogP contribution >= 0.6 is 0 Å². The first-order valence-corrected chi connectivity index (χ1v) is 6.47. The third-order valence-corrected chi connectivity index (χ3v) is 3.13. The van der Waals surface area contributed by atoms with E-state index >= 15 is 0 Å². The van der Waals surface area contributed by atoms with E-state index in [9.17, 15) is 0 Å². The Hall–Kier alpha value is -2.29. The number of ether oxygens (including phenoxy) is 1. The Labute approximate surface area is 112 Å². The molecule has 0 atom stereocenters. The quantitative estimate of drug-likeness (QED) is 0.710. The van der Waals surface area contributed by atoms with Gasteiger partial charge in [-0.3, -0.25) is 4.98 Å². The fourth-order valence-electron chi connectivity index (χ4n) is 2.26. The van der Waals surface area contributed by atoms with Crippen molar-refractivity contribution in [3.8, 4) is 5.75 Å². The molecule has 1 aromatic carbocycles. The molecular formula is C16H16N2O. The van der Waals surface area contributed by atoms with Crippen molar-refractivity contribution >= 4 is 10.9 Å². The molecule has 0 spiro atoms. The lowest BCUT2D eigenvalue weighted by Gasteiger charge is -2.06. The molecule has 0 fully saturated rings. The number of nitrogens with zero attached hydrogens (tertiary/aromatic N) is 2. The van der Waals surface area contributed by atoms with Gasteiger partial charge in [0, 0.05) is 36.0 Å². The van der Waals surface area contributed by atoms with Crippen LogP contribution in [0.4, 0.5) is 0 Å². The summed E-state index contributed by atoms with van der Waals surface area (Å²) < 4.78 is 7.75. The highest BCUT2D eigenvalue weighted by Crippen LogP contribution is 2.22. The van der Waals surface area contributed by atoms with Crippen molar-refractivity contribution in [2.75, 3.05) is 6.61 Å². The molecule has 3 heteroatoms. The molecule has 0 saturated heterocycles. The topological polar surface area (TPSA) is 27.1 Å². The van der Waals surface area contributed by atoms with E-state index in [1.807, 2.05) is 25.3 Å². The Morgan fingerprint density at radius 1 is 1.21 bits per heavy atom. The number of hydrogen-bond donors (Lipinski definition) is 0. The fraction of sp³-hybridized carbons (Fsp3) is 0.188. The molecule has 2 heterocycles. The number of hydrogen-bond acceptors (Lipinski definition) is 2. The van der Waals surface area contributed by atoms with E-state index < -0.39 is 0 Å². The number of rotatable bonds is 4. The predicted molar refractivity (Wildman–Crippen MR) is 76.4 cm³/mol. The molecule has 0 N–H and O–H groups in total. The van der Waals surface area contributed by atoms with Gasteiger partial charge in [-0.25, -0.2) is 0 Å². The number of aromatic nitrogens is 2. The summed E-state index contributed by atoms with van der Waals surface area (Å²) in [6.45, 7) is 3.53. The second kappa shape index (κ2) is 5.14. The van der Waals surface area contributed by atoms with Crippen molar-refractivity contribution in [3.05, 3.63) is 60.6 Å². The molecule has 0 unspecified atom stereocenters. The summed E-state index contributed by atoms with van der Waals surface area (Å²) in [4.78, 5) is 4.15. The van der Waals surface area contributed by atoms with Crippen LogP contribution in [0.2, 0.25) is 0 Å². The van der Waals surface area contributed by atoms with E-state index in [1.165, 1.54) is 16.5 Å². The first kappa shape index (κ1) is 11.8. The molecule has 3 aromatic rings. The van der Waals surface area contributed by atoms with Gasteiger partial charge in [0.15, 0.2) is 0 Å². The average Bonchev–Trinajstić information content (AvgIpc) is 2.83. The van der Waals surface area contributed by atoms with Gasteiger partial charge in [-0.15, -0.1) is 0 Å². The minimum Gasteiger partial charge on any atom is -0.494 e. The Morgan fingerprint density at radius 2 is 2.16 bits per heavy atom. The van der Waals surface area contributed by atoms with Crippen LogP contribution in [0.15, 0.2) is 55.0 Å². The van der Waals surface area contributed by atoms with Crippen molar-refractivity contribution < 1.29 is 4.74 Å². The zero-order valence-electron chi connectivity index (χ0n) is 10.9. The molecule has 0 aliphatic rings. The molecule has 3 rings (SSSR count). The van der Waals surface area contributed by atoms with E-state index in [4.69, 9.17) is 4.74 Å². The zero-order chi connectivity index (χ0) is 13.1. The van der Waals surface area contributed by atoms with Crippen LogP contribution in [-0.2, 0) is 6.54 Å². The summed E-state index contributed by atoms with van der Waals surface area (Å²) in [5.74, 6) is 0.925. The van der Waals surface area contributed by atoms with Crippen molar-refractivity contribution in [3.63, 3.8) is 0 Å². The summed E-state index contributed by atoms with van der Waals surface area (Å²) in [6.07, 6.45) is 5.80. The molecule has 3 nitrogen and oxygen atoms in total. The van der Waals surface area contributed by atoms with Crippen molar-refractivity contribution in [2.24, 2.45) is 0 Å². The summed E-state index contributed by atoms with van der Waals surface area (Å²) in [6, 6.07) is 12.4. The van der Waals surface area contributed by atoms with E-state index in [-0.39, 0.29) is 0 Å². The maximum atomic E-state index is 5.52. The molecule has 0 bridgehead atoms. The highest BCUT2D eigenvalue weighted by Gasteiger charge is 2.03. The summed E-state index contributed by atoms with van der Waals surface area (Å²) in [7, 11) is 0. The van der Waals surface area contributed by atoms with Gasteiger partial charge in [0.25, 0.3) is 0 Å². The van der Waals surface area contributed by atoms with E-state index in [1.54, 1.807) is 6.20 Å². The normalized spacial score (nSPS) is 10.8. The standard InChI is InChI=1S/C16H16N2O/c1-2-19-15-5-6-16-14(10-15)7-9-18(16)12-13-4-3-8-17-11-13/h3-11H,2,12H2,1H3. The van der Waals surface area contributed by atoms with Crippen LogP contribution in [0.1, 0.15) is 12.5 Å². The van der Waals surface area contributed by atoms with Gasteiger partial charge in [-0.05, 0) is 42.8 Å². The first-order chi connectivity index (χ1) is 9.36. The molecule has 0 saturated carbocycles. The summed E-state index contributed by atoms with van der Waals surface area (Å²) in [5, 5.41) is 1.20. The van der Waals surface area contributed by atoms with Gasteiger partial charge < -0.3 is 9.30 Å². The molecule has 96 valence electrons. The molecule has 19 heavy (non-hydrogen) atoms. The smallest absolute Gasteiger partial charge is 0.120 e. The number of pyridine rings is 1. The lowest BCUT2D eigenvalue weighted by atomic mass is 10.2. The zero-order valence-corrected chi connectivity index (χ0v) is 10.9. The van der Waals surface area contributed by atoms with E-state index in [2.05, 4.69) is 40.0 Å². The summed E-state index contributed by atoms with van der Waals surface area (Å²) >= 11 is 0. The Bertz CT molecular complexity index is 674. The largest absolute Gasteiger partial charge is 0.494 e. The van der Waals surface area contributed by atoms with Crippen LogP contribution < -0.4 is 4.74 Å². The molecule has 0 aliphatic carbocycles. The number of fused-ring (bicyclic) bond motifs is 1. The monoisotopic (exact) mass is 252 g/mol. The molecule has 0 aliphatic heterocycles. The summed E-state index contributed by atoms with van der Waals surface area (Å²) in [5.41, 5.74) is 2.42. The third kappa shape index (κ3) is 2.45. The van der Waals surface area contributed by atoms with E-state index in [0.29, 0.717) is 6.61 Å². The first-order valence-electron chi connectivity index (χ1n) is 6.47. The molecule has 2 aromatic heterocycles. The second-order valence-corrected chi connectivity index (χ2v) is 4.46. The van der Waals surface area contributed by atoms with Crippen LogP contribution in [-0.4, -0.2) is 16.2 Å². The third-order valence-electron chi connectivity index (χ3n) is 3.13. The predicted octanol–water partition coefficient (Wildman–Crippen LogP) is 3.48. The van der Waals surface area contributed by atoms with Gasteiger partial charge in [0.05, 0.1) is 6.61 Å². The van der Waals surface area contributed by atoms with Gasteiger partial charge in [-0.1, -0.05) is 6.07 Å². The lowest BCUT2D eigenvalue weighted by molar-refractivity contribution is 0.340. The van der Waals surface area contributed by atoms with Crippen molar-refractivity contribution in [1.29, 1.82) is 0 Å². The van der Waals surface area contributed by atoms with Crippen LogP contribution in [0, 0.1) is 0 Å². The van der Waals surface area contributed by atoms with E-state index in [0.717, 1.165) is 12.3 Å². The van der Waals surface area contributed by atoms with Crippen LogP contribution in [0.25, 0.3) is 10.9 Å². The second-order valence-electron chi connectivity index (χ2n) is 4.46. The average molecular weight is 252 g/mol. The maximum absolute atomic E-state index is 5.52. The molecule has 0 radical (unpaired) electrons. The van der Waals surface area contributed by atoms with Gasteiger partial charge in [0.1, 0.15) is 5.75 Å². The Kier molecular flexibility index (Phi) is 3.19. The fourth-order valence-corrected chi connectivity index (χ4v) is 2.26. The number of benzene rings is 1. The highest BCUT2D eigenvalue weighted by atomic mass is 16.5. The van der Waals surface area contributed by atoms with Gasteiger partial charge in [-0.2, -0.15) is 0 Å². The minimum absolute atomic E-state index is 0.696. The van der Waals surface area contributed by atoms with Gasteiger partial charge >= 0.3 is 0 Å². The SMILES string of the molecule is CCOc1ccc2c(ccn2Cc2cccnc2)c1. The van der Waals surface area contributed by atoms with Crippen molar-refractivity contribution in [1.82, 2.24) is 9.55 Å². The highest BCUT2D eigenvalue weighted by molar-refractivity contribution is 5.81.